The minimum Gasteiger partial charge on any atom is -0.468 e. The Labute approximate surface area is 219 Å². The van der Waals surface area contributed by atoms with Crippen LogP contribution in [0, 0.1) is 5.41 Å². The molecule has 3 amide bonds. The summed E-state index contributed by atoms with van der Waals surface area (Å²) in [6, 6.07) is 5.74. The van der Waals surface area contributed by atoms with Crippen LogP contribution >= 0.6 is 7.52 Å². The van der Waals surface area contributed by atoms with Crippen molar-refractivity contribution in [3.63, 3.8) is 0 Å². The largest absolute Gasteiger partial charge is 0.468 e. The molecular formula is C23H31N6O8P. The van der Waals surface area contributed by atoms with Crippen molar-refractivity contribution in [2.75, 3.05) is 13.7 Å². The average molecular weight is 551 g/mol. The van der Waals surface area contributed by atoms with Crippen LogP contribution in [0.2, 0.25) is 0 Å². The van der Waals surface area contributed by atoms with E-state index < -0.39 is 67.9 Å². The number of rotatable bonds is 11. The lowest BCUT2D eigenvalue weighted by molar-refractivity contribution is -0.142. The molecule has 14 nitrogen and oxygen atoms in total. The first kappa shape index (κ1) is 29.3. The molecule has 3 rings (SSSR count). The predicted molar refractivity (Wildman–Crippen MR) is 134 cm³/mol. The lowest BCUT2D eigenvalue weighted by Gasteiger charge is -2.45. The molecule has 206 valence electrons. The zero-order chi connectivity index (χ0) is 28.1. The molecule has 0 aliphatic carbocycles. The van der Waals surface area contributed by atoms with E-state index in [1.54, 1.807) is 51.1 Å². The van der Waals surface area contributed by atoms with Gasteiger partial charge in [0.1, 0.15) is 12.3 Å². The summed E-state index contributed by atoms with van der Waals surface area (Å²) in [4.78, 5) is 53.2. The second-order valence-corrected chi connectivity index (χ2v) is 11.5. The Morgan fingerprint density at radius 2 is 2.08 bits per heavy atom. The van der Waals surface area contributed by atoms with Crippen molar-refractivity contribution in [3.05, 3.63) is 46.3 Å². The summed E-state index contributed by atoms with van der Waals surface area (Å²) in [6.45, 7) is 4.63. The average Bonchev–Trinajstić information content (AvgIpc) is 3.28. The normalized spacial score (nSPS) is 27.0. The van der Waals surface area contributed by atoms with Crippen LogP contribution in [0.3, 0.4) is 0 Å². The molecule has 2 aliphatic heterocycles. The lowest BCUT2D eigenvalue weighted by atomic mass is 9.81. The van der Waals surface area contributed by atoms with Gasteiger partial charge in [-0.05, 0) is 38.3 Å². The third-order valence-electron chi connectivity index (χ3n) is 6.89. The van der Waals surface area contributed by atoms with E-state index in [0.29, 0.717) is 0 Å². The van der Waals surface area contributed by atoms with E-state index in [0.717, 1.165) is 12.7 Å². The van der Waals surface area contributed by atoms with Crippen LogP contribution in [0.4, 0.5) is 4.79 Å². The molecule has 2 heterocycles. The fraction of sp³-hybridized carbons (Fsp3) is 0.565. The Balaban J connectivity index is 1.74. The molecule has 1 aromatic carbocycles. The number of hydrogen-bond acceptors (Lipinski definition) is 9. The fourth-order valence-corrected chi connectivity index (χ4v) is 5.51. The van der Waals surface area contributed by atoms with Crippen molar-refractivity contribution in [1.82, 2.24) is 15.3 Å². The SMILES string of the molecule is COC(=O)C(Cc1ccccc1)NP(=O)(C=O)OCC1OC(N2C(=O)NC(=O)C(C)(C)C2C)CC1N=[N+]=[N-]. The summed E-state index contributed by atoms with van der Waals surface area (Å²) < 4.78 is 29.4. The van der Waals surface area contributed by atoms with Crippen molar-refractivity contribution in [2.24, 2.45) is 10.5 Å². The maximum atomic E-state index is 13.3. The molecule has 2 N–H and O–H groups in total. The molecule has 0 radical (unpaired) electrons. The van der Waals surface area contributed by atoms with Crippen LogP contribution in [-0.4, -0.2) is 73.0 Å². The standard InChI is InChI=1S/C23H31N6O8P/c1-14-23(2,3)21(32)25-22(33)29(14)19-11-16(26-28-24)18(37-19)12-36-38(34,13-30)27-17(20(31)35-4)10-15-8-6-5-7-9-15/h5-9,13-14,16-19H,10-12H2,1-4H3,(H,27,34)(H,25,32,33). The monoisotopic (exact) mass is 550 g/mol. The quantitative estimate of drug-likeness (QED) is 0.104. The second-order valence-electron chi connectivity index (χ2n) is 9.59. The van der Waals surface area contributed by atoms with E-state index in [1.807, 2.05) is 0 Å². The van der Waals surface area contributed by atoms with E-state index in [4.69, 9.17) is 19.5 Å². The molecule has 2 aliphatic rings. The van der Waals surface area contributed by atoms with E-state index in [9.17, 15) is 23.7 Å². The maximum absolute atomic E-state index is 13.3. The number of carbonyl (C=O) groups excluding carboxylic acids is 4. The summed E-state index contributed by atoms with van der Waals surface area (Å²) in [5.74, 6) is -1.17. The van der Waals surface area contributed by atoms with Gasteiger partial charge in [0.25, 0.3) is 0 Å². The van der Waals surface area contributed by atoms with Gasteiger partial charge in [-0.2, -0.15) is 0 Å². The number of benzene rings is 1. The Morgan fingerprint density at radius 3 is 2.68 bits per heavy atom. The van der Waals surface area contributed by atoms with Gasteiger partial charge in [-0.25, -0.2) is 9.88 Å². The highest BCUT2D eigenvalue weighted by Crippen LogP contribution is 2.42. The molecule has 0 aromatic heterocycles. The fourth-order valence-electron chi connectivity index (χ4n) is 4.31. The van der Waals surface area contributed by atoms with Gasteiger partial charge in [0.15, 0.2) is 0 Å². The Morgan fingerprint density at radius 1 is 1.39 bits per heavy atom. The third kappa shape index (κ3) is 6.40. The maximum Gasteiger partial charge on any atom is 0.332 e. The summed E-state index contributed by atoms with van der Waals surface area (Å²) in [7, 11) is -3.08. The van der Waals surface area contributed by atoms with Gasteiger partial charge >= 0.3 is 19.5 Å². The number of nitrogens with one attached hydrogen (secondary N) is 2. The number of esters is 1. The number of hydrogen-bond donors (Lipinski definition) is 2. The minimum absolute atomic E-state index is 0.0779. The van der Waals surface area contributed by atoms with Gasteiger partial charge in [0.05, 0.1) is 31.3 Å². The number of urea groups is 1. The minimum atomic E-state index is -4.25. The first-order chi connectivity index (χ1) is 18.0. The number of ether oxygens (including phenoxy) is 2. The van der Waals surface area contributed by atoms with Crippen LogP contribution in [0.1, 0.15) is 32.8 Å². The molecular weight excluding hydrogens is 519 g/mol. The Kier molecular flexibility index (Phi) is 9.29. The van der Waals surface area contributed by atoms with Gasteiger partial charge < -0.3 is 14.0 Å². The summed E-state index contributed by atoms with van der Waals surface area (Å²) in [6.07, 6.45) is -1.70. The van der Waals surface area contributed by atoms with Crippen molar-refractivity contribution in [1.29, 1.82) is 0 Å². The Bertz CT molecular complexity index is 1160. The van der Waals surface area contributed by atoms with Crippen molar-refractivity contribution in [3.8, 4) is 0 Å². The molecule has 2 fully saturated rings. The van der Waals surface area contributed by atoms with Crippen LogP contribution < -0.4 is 10.4 Å². The lowest BCUT2D eigenvalue weighted by Crippen LogP contribution is -2.65. The van der Waals surface area contributed by atoms with Crippen molar-refractivity contribution >= 4 is 31.5 Å². The molecule has 6 atom stereocenters. The van der Waals surface area contributed by atoms with Crippen LogP contribution in [0.15, 0.2) is 35.4 Å². The Hall–Kier alpha value is -3.28. The van der Waals surface area contributed by atoms with Crippen LogP contribution in [0.5, 0.6) is 0 Å². The molecule has 0 saturated carbocycles. The molecule has 0 spiro atoms. The summed E-state index contributed by atoms with van der Waals surface area (Å²) in [5, 5.41) is 8.49. The zero-order valence-corrected chi connectivity index (χ0v) is 22.4. The number of azide groups is 1. The van der Waals surface area contributed by atoms with Gasteiger partial charge in [-0.1, -0.05) is 35.4 Å². The van der Waals surface area contributed by atoms with E-state index in [-0.39, 0.29) is 18.9 Å². The summed E-state index contributed by atoms with van der Waals surface area (Å²) >= 11 is 0. The van der Waals surface area contributed by atoms with E-state index in [2.05, 4.69) is 20.4 Å². The first-order valence-corrected chi connectivity index (χ1v) is 13.6. The molecule has 15 heteroatoms. The molecule has 38 heavy (non-hydrogen) atoms. The van der Waals surface area contributed by atoms with Crippen LogP contribution in [-0.2, 0) is 39.4 Å². The van der Waals surface area contributed by atoms with E-state index in [1.165, 1.54) is 4.90 Å². The van der Waals surface area contributed by atoms with Gasteiger partial charge in [-0.15, -0.1) is 0 Å². The smallest absolute Gasteiger partial charge is 0.332 e. The number of imide groups is 1. The number of carbonyl (C=O) groups is 4. The highest BCUT2D eigenvalue weighted by molar-refractivity contribution is 7.72. The highest BCUT2D eigenvalue weighted by Gasteiger charge is 2.51. The third-order valence-corrected chi connectivity index (χ3v) is 8.37. The molecule has 0 bridgehead atoms. The van der Waals surface area contributed by atoms with Crippen molar-refractivity contribution in [2.45, 2.75) is 64.1 Å². The van der Waals surface area contributed by atoms with Crippen LogP contribution in [0.25, 0.3) is 10.4 Å². The molecule has 2 saturated heterocycles. The van der Waals surface area contributed by atoms with E-state index >= 15 is 0 Å². The topological polar surface area (TPSA) is 189 Å². The zero-order valence-electron chi connectivity index (χ0n) is 21.5. The predicted octanol–water partition coefficient (Wildman–Crippen LogP) is 2.52. The molecule has 6 unspecified atom stereocenters. The second kappa shape index (κ2) is 12.1. The number of nitrogens with zero attached hydrogens (tertiary/aromatic N) is 4. The number of amides is 3. The van der Waals surface area contributed by atoms with Gasteiger partial charge in [0.2, 0.25) is 11.9 Å². The van der Waals surface area contributed by atoms with Crippen molar-refractivity contribution < 1.29 is 37.7 Å². The highest BCUT2D eigenvalue weighted by atomic mass is 31.2. The molecule has 1 aromatic rings. The van der Waals surface area contributed by atoms with Gasteiger partial charge in [0, 0.05) is 17.4 Å². The van der Waals surface area contributed by atoms with Gasteiger partial charge in [-0.3, -0.25) is 29.2 Å². The summed E-state index contributed by atoms with van der Waals surface area (Å²) in [5.41, 5.74) is 8.85. The number of methoxy groups -OCH3 is 1. The first-order valence-electron chi connectivity index (χ1n) is 11.9.